The van der Waals surface area contributed by atoms with E-state index in [1.807, 2.05) is 24.4 Å². The molecule has 4 nitrogen and oxygen atoms in total. The Morgan fingerprint density at radius 2 is 2.09 bits per heavy atom. The first-order valence-corrected chi connectivity index (χ1v) is 8.63. The van der Waals surface area contributed by atoms with Crippen LogP contribution in [0.2, 0.25) is 0 Å². The summed E-state index contributed by atoms with van der Waals surface area (Å²) in [7, 11) is 0. The summed E-state index contributed by atoms with van der Waals surface area (Å²) in [5, 5.41) is 3.83. The molecule has 0 unspecified atom stereocenters. The Bertz CT molecular complexity index is 669. The lowest BCUT2D eigenvalue weighted by Crippen LogP contribution is -2.14. The molecule has 1 saturated carbocycles. The molecular weight excluding hydrogens is 288 g/mol. The molecule has 23 heavy (non-hydrogen) atoms. The molecule has 1 aromatic heterocycles. The zero-order valence-corrected chi connectivity index (χ0v) is 14.0. The number of aromatic amines is 1. The number of H-pyrrole nitrogens is 1. The smallest absolute Gasteiger partial charge is 0.221 e. The van der Waals surface area contributed by atoms with E-state index in [0.717, 1.165) is 47.2 Å². The fourth-order valence-corrected chi connectivity index (χ4v) is 3.44. The fourth-order valence-electron chi connectivity index (χ4n) is 3.44. The quantitative estimate of drug-likeness (QED) is 0.839. The minimum atomic E-state index is -0.0660. The van der Waals surface area contributed by atoms with Crippen LogP contribution in [0.5, 0.6) is 5.75 Å². The highest BCUT2D eigenvalue weighted by molar-refractivity contribution is 6.01. The summed E-state index contributed by atoms with van der Waals surface area (Å²) in [5.41, 5.74) is 1.81. The van der Waals surface area contributed by atoms with E-state index in [4.69, 9.17) is 4.74 Å². The van der Waals surface area contributed by atoms with Gasteiger partial charge in [0.25, 0.3) is 0 Å². The van der Waals surface area contributed by atoms with Crippen molar-refractivity contribution < 1.29 is 9.53 Å². The monoisotopic (exact) mass is 314 g/mol. The summed E-state index contributed by atoms with van der Waals surface area (Å²) in [6.45, 7) is 4.64. The molecule has 0 aliphatic heterocycles. The molecule has 1 aliphatic rings. The van der Waals surface area contributed by atoms with Crippen LogP contribution in [0.3, 0.4) is 0 Å². The van der Waals surface area contributed by atoms with Crippen molar-refractivity contribution in [3.05, 3.63) is 24.4 Å². The molecule has 124 valence electrons. The van der Waals surface area contributed by atoms with E-state index < -0.39 is 0 Å². The van der Waals surface area contributed by atoms with Crippen molar-refractivity contribution in [1.82, 2.24) is 4.98 Å². The summed E-state index contributed by atoms with van der Waals surface area (Å²) in [5.74, 6) is 2.52. The number of benzene rings is 1. The number of aromatic nitrogens is 1. The molecule has 0 saturated heterocycles. The molecule has 1 aliphatic carbocycles. The van der Waals surface area contributed by atoms with Gasteiger partial charge in [-0.2, -0.15) is 0 Å². The van der Waals surface area contributed by atoms with Gasteiger partial charge in [-0.1, -0.05) is 32.6 Å². The number of rotatable bonds is 5. The van der Waals surface area contributed by atoms with Crippen LogP contribution >= 0.6 is 0 Å². The van der Waals surface area contributed by atoms with Gasteiger partial charge in [0.05, 0.1) is 12.3 Å². The third kappa shape index (κ3) is 4.06. The second kappa shape index (κ2) is 7.07. The van der Waals surface area contributed by atoms with Gasteiger partial charge in [0, 0.05) is 24.0 Å². The van der Waals surface area contributed by atoms with Gasteiger partial charge in [-0.05, 0) is 36.5 Å². The van der Waals surface area contributed by atoms with Gasteiger partial charge in [0.2, 0.25) is 5.91 Å². The highest BCUT2D eigenvalue weighted by atomic mass is 16.5. The molecule has 1 aromatic carbocycles. The lowest BCUT2D eigenvalue weighted by Gasteiger charge is -2.25. The van der Waals surface area contributed by atoms with Crippen LogP contribution in [-0.4, -0.2) is 17.5 Å². The molecule has 2 aromatic rings. The van der Waals surface area contributed by atoms with Gasteiger partial charge in [0.1, 0.15) is 5.75 Å². The highest BCUT2D eigenvalue weighted by Crippen LogP contribution is 2.31. The zero-order valence-electron chi connectivity index (χ0n) is 14.0. The average molecular weight is 314 g/mol. The Kier molecular flexibility index (Phi) is 4.89. The van der Waals surface area contributed by atoms with Crippen molar-refractivity contribution in [2.45, 2.75) is 46.0 Å². The third-order valence-electron chi connectivity index (χ3n) is 4.89. The van der Waals surface area contributed by atoms with Crippen LogP contribution in [0.25, 0.3) is 10.9 Å². The van der Waals surface area contributed by atoms with E-state index in [2.05, 4.69) is 17.2 Å². The molecule has 2 N–H and O–H groups in total. The van der Waals surface area contributed by atoms with Gasteiger partial charge in [-0.15, -0.1) is 0 Å². The van der Waals surface area contributed by atoms with Crippen molar-refractivity contribution in [3.63, 3.8) is 0 Å². The number of carbonyl (C=O) groups excluding carboxylic acids is 1. The number of carbonyl (C=O) groups is 1. The first-order chi connectivity index (χ1) is 11.1. The predicted molar refractivity (Wildman–Crippen MR) is 93.8 cm³/mol. The maximum atomic E-state index is 11.3. The molecule has 3 rings (SSSR count). The number of amides is 1. The predicted octanol–water partition coefficient (Wildman–Crippen LogP) is 4.72. The van der Waals surface area contributed by atoms with E-state index in [0.29, 0.717) is 0 Å². The van der Waals surface area contributed by atoms with Crippen molar-refractivity contribution in [1.29, 1.82) is 0 Å². The molecule has 4 heteroatoms. The highest BCUT2D eigenvalue weighted by Gasteiger charge is 2.18. The standard InChI is InChI=1S/C19H26N2O2/c1-13-3-5-15(6-4-13)9-10-23-16-7-8-18-17(11-16)19(12-20-18)21-14(2)22/h7-8,11-13,15,20H,3-6,9-10H2,1-2H3,(H,21,22). The van der Waals surface area contributed by atoms with Crippen molar-refractivity contribution in [2.24, 2.45) is 11.8 Å². The van der Waals surface area contributed by atoms with E-state index >= 15 is 0 Å². The average Bonchev–Trinajstić information content (AvgIpc) is 2.91. The zero-order chi connectivity index (χ0) is 16.2. The van der Waals surface area contributed by atoms with Gasteiger partial charge in [0.15, 0.2) is 0 Å². The second-order valence-corrected chi connectivity index (χ2v) is 6.85. The van der Waals surface area contributed by atoms with E-state index in [9.17, 15) is 4.79 Å². The number of nitrogens with one attached hydrogen (secondary N) is 2. The molecule has 0 atom stereocenters. The van der Waals surface area contributed by atoms with Crippen molar-refractivity contribution >= 4 is 22.5 Å². The Morgan fingerprint density at radius 3 is 2.83 bits per heavy atom. The van der Waals surface area contributed by atoms with E-state index in [1.165, 1.54) is 32.6 Å². The molecule has 1 fully saturated rings. The Balaban J connectivity index is 1.58. The number of ether oxygens (including phenoxy) is 1. The lowest BCUT2D eigenvalue weighted by atomic mass is 9.82. The maximum Gasteiger partial charge on any atom is 0.221 e. The summed E-state index contributed by atoms with van der Waals surface area (Å²) >= 11 is 0. The van der Waals surface area contributed by atoms with Crippen LogP contribution in [0, 0.1) is 11.8 Å². The molecule has 0 spiro atoms. The van der Waals surface area contributed by atoms with Crippen LogP contribution in [0.1, 0.15) is 46.0 Å². The molecule has 0 bridgehead atoms. The van der Waals surface area contributed by atoms with Gasteiger partial charge >= 0.3 is 0 Å². The van der Waals surface area contributed by atoms with Crippen molar-refractivity contribution in [3.8, 4) is 5.75 Å². The topological polar surface area (TPSA) is 54.1 Å². The SMILES string of the molecule is CC(=O)Nc1c[nH]c2ccc(OCCC3CCC(C)CC3)cc12. The molecule has 1 amide bonds. The lowest BCUT2D eigenvalue weighted by molar-refractivity contribution is -0.114. The van der Waals surface area contributed by atoms with Gasteiger partial charge in [-0.25, -0.2) is 0 Å². The molecule has 0 radical (unpaired) electrons. The molecule has 1 heterocycles. The van der Waals surface area contributed by atoms with Gasteiger partial charge < -0.3 is 15.0 Å². The van der Waals surface area contributed by atoms with Crippen LogP contribution in [0.15, 0.2) is 24.4 Å². The number of hydrogen-bond donors (Lipinski definition) is 2. The second-order valence-electron chi connectivity index (χ2n) is 6.85. The van der Waals surface area contributed by atoms with Crippen LogP contribution in [-0.2, 0) is 4.79 Å². The van der Waals surface area contributed by atoms with E-state index in [1.54, 1.807) is 0 Å². The number of fused-ring (bicyclic) bond motifs is 1. The summed E-state index contributed by atoms with van der Waals surface area (Å²) < 4.78 is 5.95. The fraction of sp³-hybridized carbons (Fsp3) is 0.526. The van der Waals surface area contributed by atoms with E-state index in [-0.39, 0.29) is 5.91 Å². The first kappa shape index (κ1) is 15.9. The van der Waals surface area contributed by atoms with Crippen LogP contribution in [0.4, 0.5) is 5.69 Å². The summed E-state index contributed by atoms with van der Waals surface area (Å²) in [6.07, 6.45) is 8.36. The number of anilines is 1. The van der Waals surface area contributed by atoms with Gasteiger partial charge in [-0.3, -0.25) is 4.79 Å². The number of hydrogen-bond acceptors (Lipinski definition) is 2. The summed E-state index contributed by atoms with van der Waals surface area (Å²) in [6, 6.07) is 5.98. The summed E-state index contributed by atoms with van der Waals surface area (Å²) in [4.78, 5) is 14.4. The van der Waals surface area contributed by atoms with Crippen molar-refractivity contribution in [2.75, 3.05) is 11.9 Å². The third-order valence-corrected chi connectivity index (χ3v) is 4.89. The minimum Gasteiger partial charge on any atom is -0.494 e. The normalized spacial score (nSPS) is 21.3. The Labute approximate surface area is 137 Å². The first-order valence-electron chi connectivity index (χ1n) is 8.63. The maximum absolute atomic E-state index is 11.3. The Hall–Kier alpha value is -1.97. The van der Waals surface area contributed by atoms with Crippen LogP contribution < -0.4 is 10.1 Å². The molecular formula is C19H26N2O2. The Morgan fingerprint density at radius 1 is 1.30 bits per heavy atom. The largest absolute Gasteiger partial charge is 0.494 e. The minimum absolute atomic E-state index is 0.0660.